The molecule has 0 radical (unpaired) electrons. The molecule has 1 aromatic heterocycles. The van der Waals surface area contributed by atoms with E-state index in [-0.39, 0.29) is 0 Å². The third-order valence-electron chi connectivity index (χ3n) is 4.92. The summed E-state index contributed by atoms with van der Waals surface area (Å²) < 4.78 is 7.86. The summed E-state index contributed by atoms with van der Waals surface area (Å²) in [7, 11) is 0. The van der Waals surface area contributed by atoms with E-state index in [1.165, 1.54) is 5.56 Å². The Morgan fingerprint density at radius 1 is 1.11 bits per heavy atom. The van der Waals surface area contributed by atoms with Crippen molar-refractivity contribution in [2.24, 2.45) is 0 Å². The van der Waals surface area contributed by atoms with Crippen LogP contribution in [0.15, 0.2) is 48.5 Å². The first kappa shape index (κ1) is 17.9. The van der Waals surface area contributed by atoms with Gasteiger partial charge in [0, 0.05) is 23.6 Å². The lowest BCUT2D eigenvalue weighted by Gasteiger charge is -2.13. The van der Waals surface area contributed by atoms with E-state index in [9.17, 15) is 0 Å². The van der Waals surface area contributed by atoms with E-state index in [1.54, 1.807) is 0 Å². The molecule has 1 aliphatic heterocycles. The van der Waals surface area contributed by atoms with Gasteiger partial charge in [-0.05, 0) is 49.9 Å². The third-order valence-corrected chi connectivity index (χ3v) is 5.29. The van der Waals surface area contributed by atoms with Gasteiger partial charge in [0.2, 0.25) is 0 Å². The SMILES string of the molecule is CCOc1ccccc1-n1nc(Cc2ccccc2Cl)c2c1NCCCC2. The van der Waals surface area contributed by atoms with Gasteiger partial charge in [0.25, 0.3) is 0 Å². The summed E-state index contributed by atoms with van der Waals surface area (Å²) in [5.74, 6) is 1.93. The van der Waals surface area contributed by atoms with E-state index in [1.807, 2.05) is 48.0 Å². The molecular formula is C22H24ClN3O. The maximum Gasteiger partial charge on any atom is 0.145 e. The number of fused-ring (bicyclic) bond motifs is 1. The fraction of sp³-hybridized carbons (Fsp3) is 0.318. The van der Waals surface area contributed by atoms with Crippen molar-refractivity contribution in [2.45, 2.75) is 32.6 Å². The highest BCUT2D eigenvalue weighted by Gasteiger charge is 2.22. The second-order valence-electron chi connectivity index (χ2n) is 6.74. The largest absolute Gasteiger partial charge is 0.492 e. The Labute approximate surface area is 165 Å². The highest BCUT2D eigenvalue weighted by atomic mass is 35.5. The Bertz CT molecular complexity index is 935. The molecule has 5 heteroatoms. The molecule has 2 heterocycles. The van der Waals surface area contributed by atoms with Crippen molar-refractivity contribution in [1.29, 1.82) is 0 Å². The number of hydrogen-bond donors (Lipinski definition) is 1. The van der Waals surface area contributed by atoms with Crippen LogP contribution in [0.3, 0.4) is 0 Å². The van der Waals surface area contributed by atoms with E-state index in [0.29, 0.717) is 6.61 Å². The molecule has 0 saturated carbocycles. The maximum atomic E-state index is 6.41. The molecule has 0 unspecified atom stereocenters. The van der Waals surface area contributed by atoms with Crippen LogP contribution in [0.4, 0.5) is 5.82 Å². The number of nitrogens with one attached hydrogen (secondary N) is 1. The van der Waals surface area contributed by atoms with Crippen LogP contribution >= 0.6 is 11.6 Å². The molecule has 1 N–H and O–H groups in total. The van der Waals surface area contributed by atoms with Crippen LogP contribution in [-0.2, 0) is 12.8 Å². The number of benzene rings is 2. The molecule has 0 saturated heterocycles. The predicted molar refractivity (Wildman–Crippen MR) is 110 cm³/mol. The predicted octanol–water partition coefficient (Wildman–Crippen LogP) is 5.26. The topological polar surface area (TPSA) is 39.1 Å². The summed E-state index contributed by atoms with van der Waals surface area (Å²) in [6.45, 7) is 3.59. The summed E-state index contributed by atoms with van der Waals surface area (Å²) in [5.41, 5.74) is 4.45. The number of hydrogen-bond acceptors (Lipinski definition) is 3. The van der Waals surface area contributed by atoms with E-state index < -0.39 is 0 Å². The number of aromatic nitrogens is 2. The molecule has 0 fully saturated rings. The number of ether oxygens (including phenoxy) is 1. The van der Waals surface area contributed by atoms with Gasteiger partial charge in [-0.1, -0.05) is 41.9 Å². The third kappa shape index (κ3) is 3.67. The molecule has 140 valence electrons. The van der Waals surface area contributed by atoms with Gasteiger partial charge in [-0.25, -0.2) is 4.68 Å². The number of para-hydroxylation sites is 2. The number of halogens is 1. The first-order valence-electron chi connectivity index (χ1n) is 9.58. The van der Waals surface area contributed by atoms with Crippen LogP contribution in [0.25, 0.3) is 5.69 Å². The standard InChI is InChI=1S/C22H24ClN3O/c1-2-27-21-13-6-5-12-20(21)26-22-17(10-7-8-14-24-22)19(25-26)15-16-9-3-4-11-18(16)23/h3-6,9,11-13,24H,2,7-8,10,14-15H2,1H3. The molecule has 0 aliphatic carbocycles. The van der Waals surface area contributed by atoms with Crippen LogP contribution < -0.4 is 10.1 Å². The zero-order chi connectivity index (χ0) is 18.6. The molecule has 4 nitrogen and oxygen atoms in total. The van der Waals surface area contributed by atoms with Crippen molar-refractivity contribution in [3.63, 3.8) is 0 Å². The Balaban J connectivity index is 1.81. The number of nitrogens with zero attached hydrogens (tertiary/aromatic N) is 2. The summed E-state index contributed by atoms with van der Waals surface area (Å²) in [6.07, 6.45) is 4.08. The van der Waals surface area contributed by atoms with Crippen molar-refractivity contribution in [3.8, 4) is 11.4 Å². The smallest absolute Gasteiger partial charge is 0.145 e. The monoisotopic (exact) mass is 381 g/mol. The van der Waals surface area contributed by atoms with Gasteiger partial charge in [0.1, 0.15) is 17.3 Å². The van der Waals surface area contributed by atoms with Crippen molar-refractivity contribution in [3.05, 3.63) is 70.4 Å². The minimum Gasteiger partial charge on any atom is -0.492 e. The second-order valence-corrected chi connectivity index (χ2v) is 7.15. The Morgan fingerprint density at radius 2 is 1.93 bits per heavy atom. The van der Waals surface area contributed by atoms with Crippen LogP contribution in [0.1, 0.15) is 36.6 Å². The summed E-state index contributed by atoms with van der Waals surface area (Å²) in [5, 5.41) is 9.38. The molecule has 3 aromatic rings. The normalized spacial score (nSPS) is 13.6. The van der Waals surface area contributed by atoms with Crippen LogP contribution in [0.5, 0.6) is 5.75 Å². The summed E-state index contributed by atoms with van der Waals surface area (Å²) in [6, 6.07) is 16.1. The van der Waals surface area contributed by atoms with Crippen LogP contribution in [0.2, 0.25) is 5.02 Å². The molecule has 0 amide bonds. The fourth-order valence-electron chi connectivity index (χ4n) is 3.62. The molecule has 1 aliphatic rings. The average Bonchev–Trinajstić information content (AvgIpc) is 2.85. The van der Waals surface area contributed by atoms with Gasteiger partial charge in [-0.15, -0.1) is 0 Å². The van der Waals surface area contributed by atoms with Crippen molar-refractivity contribution >= 4 is 17.4 Å². The fourth-order valence-corrected chi connectivity index (χ4v) is 3.82. The molecule has 0 bridgehead atoms. The highest BCUT2D eigenvalue weighted by molar-refractivity contribution is 6.31. The maximum absolute atomic E-state index is 6.41. The summed E-state index contributed by atoms with van der Waals surface area (Å²) in [4.78, 5) is 0. The summed E-state index contributed by atoms with van der Waals surface area (Å²) >= 11 is 6.41. The molecular weight excluding hydrogens is 358 g/mol. The van der Waals surface area contributed by atoms with Crippen molar-refractivity contribution in [1.82, 2.24) is 9.78 Å². The highest BCUT2D eigenvalue weighted by Crippen LogP contribution is 2.33. The molecule has 0 spiro atoms. The van der Waals surface area contributed by atoms with Crippen LogP contribution in [0, 0.1) is 0 Å². The molecule has 27 heavy (non-hydrogen) atoms. The quantitative estimate of drug-likeness (QED) is 0.654. The Hall–Kier alpha value is -2.46. The number of anilines is 1. The lowest BCUT2D eigenvalue weighted by atomic mass is 10.0. The van der Waals surface area contributed by atoms with E-state index >= 15 is 0 Å². The van der Waals surface area contributed by atoms with Crippen molar-refractivity contribution in [2.75, 3.05) is 18.5 Å². The lowest BCUT2D eigenvalue weighted by Crippen LogP contribution is -2.08. The van der Waals surface area contributed by atoms with Gasteiger partial charge >= 0.3 is 0 Å². The second kappa shape index (κ2) is 8.05. The zero-order valence-electron chi connectivity index (χ0n) is 15.5. The number of rotatable bonds is 5. The Kier molecular flexibility index (Phi) is 5.35. The van der Waals surface area contributed by atoms with E-state index in [2.05, 4.69) is 17.4 Å². The molecule has 4 rings (SSSR count). The minimum atomic E-state index is 0.625. The first-order valence-corrected chi connectivity index (χ1v) is 9.96. The Morgan fingerprint density at radius 3 is 2.78 bits per heavy atom. The van der Waals surface area contributed by atoms with Gasteiger partial charge < -0.3 is 10.1 Å². The molecule has 2 aromatic carbocycles. The average molecular weight is 382 g/mol. The lowest BCUT2D eigenvalue weighted by molar-refractivity contribution is 0.338. The van der Waals surface area contributed by atoms with Gasteiger partial charge in [-0.2, -0.15) is 5.10 Å². The van der Waals surface area contributed by atoms with Gasteiger partial charge in [-0.3, -0.25) is 0 Å². The first-order chi connectivity index (χ1) is 13.3. The minimum absolute atomic E-state index is 0.625. The molecule has 0 atom stereocenters. The van der Waals surface area contributed by atoms with Gasteiger partial charge in [0.05, 0.1) is 12.3 Å². The van der Waals surface area contributed by atoms with Crippen molar-refractivity contribution < 1.29 is 4.74 Å². The van der Waals surface area contributed by atoms with Gasteiger partial charge in [0.15, 0.2) is 0 Å². The van der Waals surface area contributed by atoms with Crippen LogP contribution in [-0.4, -0.2) is 22.9 Å². The van der Waals surface area contributed by atoms with E-state index in [0.717, 1.165) is 65.8 Å². The van der Waals surface area contributed by atoms with E-state index in [4.69, 9.17) is 21.4 Å². The zero-order valence-corrected chi connectivity index (χ0v) is 16.3.